The number of hydrogen-bond donors (Lipinski definition) is 2. The number of para-hydroxylation sites is 2. The summed E-state index contributed by atoms with van der Waals surface area (Å²) < 4.78 is 13.4. The standard InChI is InChI=1S/C26H26N4O3/c1-17-12-25(33-24(17)16-31)30-23-9-4-3-8-22(23)29-26(30)28-15-18-10-11-21(27-14-18)19-6-5-7-20(13-19)32-2/h3-11,13-14,24-25,31H,1,12,15-16H2,2H3,(H,28,29)/t24-,25-/m1/s1. The van der Waals surface area contributed by atoms with E-state index < -0.39 is 0 Å². The minimum Gasteiger partial charge on any atom is -0.497 e. The van der Waals surface area contributed by atoms with Gasteiger partial charge in [-0.25, -0.2) is 4.98 Å². The van der Waals surface area contributed by atoms with Crippen molar-refractivity contribution in [2.45, 2.75) is 25.3 Å². The SMILES string of the molecule is C=C1C[C@H](n2c(NCc3ccc(-c4cccc(OC)c4)nc3)nc3ccccc32)O[C@@H]1CO. The topological polar surface area (TPSA) is 81.4 Å². The Hall–Kier alpha value is -3.68. The molecule has 1 aliphatic rings. The Kier molecular flexibility index (Phi) is 5.81. The van der Waals surface area contributed by atoms with Gasteiger partial charge in [-0.1, -0.05) is 36.9 Å². The van der Waals surface area contributed by atoms with E-state index in [9.17, 15) is 5.11 Å². The highest BCUT2D eigenvalue weighted by Crippen LogP contribution is 2.36. The summed E-state index contributed by atoms with van der Waals surface area (Å²) in [5.74, 6) is 1.52. The maximum atomic E-state index is 9.58. The summed E-state index contributed by atoms with van der Waals surface area (Å²) in [4.78, 5) is 9.40. The lowest BCUT2D eigenvalue weighted by atomic mass is 10.1. The molecular weight excluding hydrogens is 416 g/mol. The van der Waals surface area contributed by atoms with Crippen molar-refractivity contribution >= 4 is 17.0 Å². The monoisotopic (exact) mass is 442 g/mol. The first kappa shape index (κ1) is 21.2. The molecule has 5 rings (SSSR count). The van der Waals surface area contributed by atoms with Crippen molar-refractivity contribution < 1.29 is 14.6 Å². The van der Waals surface area contributed by atoms with Crippen LogP contribution in [0.25, 0.3) is 22.3 Å². The van der Waals surface area contributed by atoms with Crippen LogP contribution in [0.5, 0.6) is 5.75 Å². The van der Waals surface area contributed by atoms with E-state index in [1.807, 2.05) is 65.4 Å². The van der Waals surface area contributed by atoms with Crippen LogP contribution < -0.4 is 10.1 Å². The second-order valence-electron chi connectivity index (χ2n) is 8.06. The molecule has 4 aromatic rings. The van der Waals surface area contributed by atoms with Gasteiger partial charge in [-0.15, -0.1) is 0 Å². The van der Waals surface area contributed by atoms with Crippen LogP contribution in [0.2, 0.25) is 0 Å². The van der Waals surface area contributed by atoms with Crippen LogP contribution >= 0.6 is 0 Å². The van der Waals surface area contributed by atoms with Gasteiger partial charge >= 0.3 is 0 Å². The van der Waals surface area contributed by atoms with Crippen molar-refractivity contribution in [1.82, 2.24) is 14.5 Å². The number of benzene rings is 2. The fourth-order valence-electron chi connectivity index (χ4n) is 4.14. The van der Waals surface area contributed by atoms with Gasteiger partial charge in [-0.05, 0) is 41.5 Å². The third-order valence-electron chi connectivity index (χ3n) is 5.90. The number of anilines is 1. The molecule has 3 heterocycles. The van der Waals surface area contributed by atoms with E-state index in [0.717, 1.165) is 39.2 Å². The zero-order chi connectivity index (χ0) is 22.8. The highest BCUT2D eigenvalue weighted by atomic mass is 16.5. The zero-order valence-corrected chi connectivity index (χ0v) is 18.4. The molecule has 168 valence electrons. The predicted octanol–water partition coefficient (Wildman–Crippen LogP) is 4.56. The normalized spacial score (nSPS) is 18.1. The molecule has 2 N–H and O–H groups in total. The molecule has 0 aliphatic carbocycles. The second kappa shape index (κ2) is 9.05. The molecular formula is C26H26N4O3. The lowest BCUT2D eigenvalue weighted by Gasteiger charge is -2.18. The molecule has 1 fully saturated rings. The van der Waals surface area contributed by atoms with Gasteiger partial charge in [0.25, 0.3) is 0 Å². The summed E-state index contributed by atoms with van der Waals surface area (Å²) in [6, 6.07) is 19.9. The van der Waals surface area contributed by atoms with E-state index in [4.69, 9.17) is 14.5 Å². The van der Waals surface area contributed by atoms with E-state index in [2.05, 4.69) is 22.9 Å². The summed E-state index contributed by atoms with van der Waals surface area (Å²) in [7, 11) is 1.66. The first-order valence-electron chi connectivity index (χ1n) is 10.9. The molecule has 7 heteroatoms. The number of imidazole rings is 1. The largest absolute Gasteiger partial charge is 0.497 e. The van der Waals surface area contributed by atoms with Crippen LogP contribution in [0, 0.1) is 0 Å². The molecule has 0 saturated carbocycles. The van der Waals surface area contributed by atoms with Crippen LogP contribution in [0.1, 0.15) is 18.2 Å². The number of rotatable bonds is 7. The van der Waals surface area contributed by atoms with Crippen molar-refractivity contribution in [1.29, 1.82) is 0 Å². The molecule has 0 spiro atoms. The van der Waals surface area contributed by atoms with Crippen LogP contribution in [0.15, 0.2) is 79.0 Å². The lowest BCUT2D eigenvalue weighted by Crippen LogP contribution is -2.17. The van der Waals surface area contributed by atoms with Crippen molar-refractivity contribution in [3.63, 3.8) is 0 Å². The molecule has 0 unspecified atom stereocenters. The van der Waals surface area contributed by atoms with E-state index >= 15 is 0 Å². The van der Waals surface area contributed by atoms with Gasteiger partial charge in [0.2, 0.25) is 5.95 Å². The maximum absolute atomic E-state index is 9.58. The number of ether oxygens (including phenoxy) is 2. The van der Waals surface area contributed by atoms with Gasteiger partial charge in [0.1, 0.15) is 18.1 Å². The fraction of sp³-hybridized carbons (Fsp3) is 0.231. The quantitative estimate of drug-likeness (QED) is 0.409. The lowest BCUT2D eigenvalue weighted by molar-refractivity contribution is -0.0133. The van der Waals surface area contributed by atoms with Gasteiger partial charge in [-0.2, -0.15) is 0 Å². The van der Waals surface area contributed by atoms with Gasteiger partial charge in [0, 0.05) is 24.7 Å². The van der Waals surface area contributed by atoms with Crippen LogP contribution in [-0.2, 0) is 11.3 Å². The van der Waals surface area contributed by atoms with Gasteiger partial charge in [0.05, 0.1) is 30.4 Å². The third kappa shape index (κ3) is 4.20. The summed E-state index contributed by atoms with van der Waals surface area (Å²) in [5.41, 5.74) is 5.68. The average molecular weight is 443 g/mol. The number of pyridine rings is 1. The molecule has 2 aromatic heterocycles. The number of hydrogen-bond acceptors (Lipinski definition) is 6. The van der Waals surface area contributed by atoms with Gasteiger partial charge in [0.15, 0.2) is 0 Å². The van der Waals surface area contributed by atoms with E-state index in [-0.39, 0.29) is 18.9 Å². The molecule has 1 aliphatic heterocycles. The number of nitrogens with zero attached hydrogens (tertiary/aromatic N) is 3. The Morgan fingerprint density at radius 3 is 2.82 bits per heavy atom. The maximum Gasteiger partial charge on any atom is 0.206 e. The molecule has 7 nitrogen and oxygen atoms in total. The van der Waals surface area contributed by atoms with Gasteiger partial charge < -0.3 is 19.9 Å². The number of fused-ring (bicyclic) bond motifs is 1. The van der Waals surface area contributed by atoms with E-state index in [0.29, 0.717) is 18.9 Å². The third-order valence-corrected chi connectivity index (χ3v) is 5.90. The first-order chi connectivity index (χ1) is 16.2. The van der Waals surface area contributed by atoms with Crippen molar-refractivity contribution in [2.24, 2.45) is 0 Å². The van der Waals surface area contributed by atoms with Crippen molar-refractivity contribution in [2.75, 3.05) is 19.0 Å². The Labute approximate surface area is 192 Å². The van der Waals surface area contributed by atoms with Crippen LogP contribution in [-0.4, -0.2) is 39.5 Å². The molecule has 0 radical (unpaired) electrons. The van der Waals surface area contributed by atoms with Crippen molar-refractivity contribution in [3.8, 4) is 17.0 Å². The molecule has 2 atom stereocenters. The second-order valence-corrected chi connectivity index (χ2v) is 8.06. The molecule has 0 bridgehead atoms. The fourth-order valence-corrected chi connectivity index (χ4v) is 4.14. The molecule has 2 aromatic carbocycles. The number of aromatic nitrogens is 3. The number of aliphatic hydroxyl groups is 1. The zero-order valence-electron chi connectivity index (χ0n) is 18.4. The Morgan fingerprint density at radius 2 is 2.06 bits per heavy atom. The molecule has 33 heavy (non-hydrogen) atoms. The number of methoxy groups -OCH3 is 1. The smallest absolute Gasteiger partial charge is 0.206 e. The summed E-state index contributed by atoms with van der Waals surface area (Å²) in [6.45, 7) is 4.55. The van der Waals surface area contributed by atoms with E-state index in [1.165, 1.54) is 0 Å². The summed E-state index contributed by atoms with van der Waals surface area (Å²) >= 11 is 0. The van der Waals surface area contributed by atoms with Crippen molar-refractivity contribution in [3.05, 3.63) is 84.6 Å². The minimum absolute atomic E-state index is 0.0734. The number of nitrogens with one attached hydrogen (secondary N) is 1. The predicted molar refractivity (Wildman–Crippen MR) is 128 cm³/mol. The Balaban J connectivity index is 1.37. The Morgan fingerprint density at radius 1 is 1.18 bits per heavy atom. The average Bonchev–Trinajstić information content (AvgIpc) is 3.42. The number of aliphatic hydroxyl groups excluding tert-OH is 1. The molecule has 1 saturated heterocycles. The van der Waals surface area contributed by atoms with E-state index in [1.54, 1.807) is 7.11 Å². The van der Waals surface area contributed by atoms with Crippen LogP contribution in [0.3, 0.4) is 0 Å². The highest BCUT2D eigenvalue weighted by Gasteiger charge is 2.31. The summed E-state index contributed by atoms with van der Waals surface area (Å²) in [6.07, 6.45) is 1.89. The minimum atomic E-state index is -0.350. The summed E-state index contributed by atoms with van der Waals surface area (Å²) in [5, 5.41) is 13.0. The molecule has 0 amide bonds. The van der Waals surface area contributed by atoms with Gasteiger partial charge in [-0.3, -0.25) is 9.55 Å². The highest BCUT2D eigenvalue weighted by molar-refractivity contribution is 5.78. The first-order valence-corrected chi connectivity index (χ1v) is 10.9. The van der Waals surface area contributed by atoms with Crippen LogP contribution in [0.4, 0.5) is 5.95 Å². The Bertz CT molecular complexity index is 1280.